The molecule has 0 N–H and O–H groups in total. The molecule has 0 aliphatic heterocycles. The third-order valence-electron chi connectivity index (χ3n) is 8.80. The van der Waals surface area contributed by atoms with E-state index in [0.717, 1.165) is 39.0 Å². The first-order chi connectivity index (χ1) is 22.3. The number of benzene rings is 6. The maximum atomic E-state index is 6.46. The van der Waals surface area contributed by atoms with Gasteiger partial charge in [-0.1, -0.05) is 97.1 Å². The molecule has 210 valence electrons. The van der Waals surface area contributed by atoms with Crippen molar-refractivity contribution < 1.29 is 4.42 Å². The Bertz CT molecular complexity index is 2770. The van der Waals surface area contributed by atoms with E-state index in [-0.39, 0.29) is 0 Å². The number of rotatable bonds is 3. The van der Waals surface area contributed by atoms with Gasteiger partial charge in [-0.05, 0) is 42.5 Å². The van der Waals surface area contributed by atoms with E-state index >= 15 is 0 Å². The van der Waals surface area contributed by atoms with Crippen molar-refractivity contribution in [3.05, 3.63) is 140 Å². The van der Waals surface area contributed by atoms with E-state index in [0.29, 0.717) is 11.4 Å². The molecule has 4 heterocycles. The minimum atomic E-state index is 0.679. The van der Waals surface area contributed by atoms with Crippen molar-refractivity contribution in [2.24, 2.45) is 0 Å². The predicted molar refractivity (Wildman–Crippen MR) is 187 cm³/mol. The van der Waals surface area contributed by atoms with Crippen molar-refractivity contribution in [2.75, 3.05) is 0 Å². The molecule has 0 aliphatic carbocycles. The Morgan fingerprint density at radius 2 is 1.31 bits per heavy atom. The lowest BCUT2D eigenvalue weighted by Gasteiger charge is -2.12. The molecule has 0 fully saturated rings. The lowest BCUT2D eigenvalue weighted by atomic mass is 10.1. The van der Waals surface area contributed by atoms with Gasteiger partial charge in [-0.15, -0.1) is 11.3 Å². The van der Waals surface area contributed by atoms with Crippen LogP contribution < -0.4 is 0 Å². The maximum Gasteiger partial charge on any atom is 0.180 e. The van der Waals surface area contributed by atoms with Crippen LogP contribution in [-0.2, 0) is 0 Å². The third-order valence-corrected chi connectivity index (χ3v) is 9.94. The molecular formula is C40H23N3OS. The Kier molecular flexibility index (Phi) is 5.12. The fourth-order valence-corrected chi connectivity index (χ4v) is 7.94. The summed E-state index contributed by atoms with van der Waals surface area (Å²) in [6, 6.07) is 48.9. The molecule has 0 amide bonds. The van der Waals surface area contributed by atoms with Crippen molar-refractivity contribution in [3.8, 4) is 28.3 Å². The van der Waals surface area contributed by atoms with Crippen LogP contribution in [-0.4, -0.2) is 14.5 Å². The van der Waals surface area contributed by atoms with Gasteiger partial charge in [-0.25, -0.2) is 9.97 Å². The Balaban J connectivity index is 1.29. The van der Waals surface area contributed by atoms with Gasteiger partial charge in [0.05, 0.1) is 11.0 Å². The Labute approximate surface area is 261 Å². The molecule has 0 unspecified atom stereocenters. The van der Waals surface area contributed by atoms with Gasteiger partial charge in [0.2, 0.25) is 0 Å². The SMILES string of the molecule is c1ccc(-c2nc(-c3cccc(-n4c5ccccc5c5ccc6sc7ccccc7c6c54)c3)c3oc4ccccc4c3n2)cc1. The second kappa shape index (κ2) is 9.36. The molecular weight excluding hydrogens is 571 g/mol. The smallest absolute Gasteiger partial charge is 0.180 e. The number of para-hydroxylation sites is 2. The zero-order chi connectivity index (χ0) is 29.5. The largest absolute Gasteiger partial charge is 0.452 e. The number of furan rings is 1. The highest BCUT2D eigenvalue weighted by Crippen LogP contribution is 2.43. The zero-order valence-electron chi connectivity index (χ0n) is 23.9. The normalized spacial score (nSPS) is 12.0. The van der Waals surface area contributed by atoms with Crippen molar-refractivity contribution in [2.45, 2.75) is 0 Å². The number of aromatic nitrogens is 3. The summed E-state index contributed by atoms with van der Waals surface area (Å²) in [6.07, 6.45) is 0. The number of thiophene rings is 1. The molecule has 5 heteroatoms. The monoisotopic (exact) mass is 593 g/mol. The Morgan fingerprint density at radius 3 is 2.22 bits per heavy atom. The van der Waals surface area contributed by atoms with Crippen LogP contribution in [0, 0.1) is 0 Å². The quantitative estimate of drug-likeness (QED) is 0.205. The summed E-state index contributed by atoms with van der Waals surface area (Å²) in [5.41, 5.74) is 8.53. The molecule has 10 rings (SSSR count). The third kappa shape index (κ3) is 3.59. The van der Waals surface area contributed by atoms with Crippen LogP contribution in [0.25, 0.3) is 92.4 Å². The lowest BCUT2D eigenvalue weighted by molar-refractivity contribution is 0.667. The molecule has 6 aromatic carbocycles. The molecule has 0 radical (unpaired) electrons. The van der Waals surface area contributed by atoms with Gasteiger partial charge in [0, 0.05) is 53.1 Å². The fourth-order valence-electron chi connectivity index (χ4n) is 6.83. The first-order valence-electron chi connectivity index (χ1n) is 15.0. The first kappa shape index (κ1) is 24.6. The molecule has 4 nitrogen and oxygen atoms in total. The summed E-state index contributed by atoms with van der Waals surface area (Å²) >= 11 is 1.85. The summed E-state index contributed by atoms with van der Waals surface area (Å²) in [6.45, 7) is 0. The minimum absolute atomic E-state index is 0.679. The molecule has 0 saturated carbocycles. The van der Waals surface area contributed by atoms with E-state index in [1.54, 1.807) is 0 Å². The number of fused-ring (bicyclic) bond motifs is 10. The Hall–Kier alpha value is -5.78. The van der Waals surface area contributed by atoms with Gasteiger partial charge in [0.15, 0.2) is 11.4 Å². The predicted octanol–water partition coefficient (Wildman–Crippen LogP) is 11.2. The van der Waals surface area contributed by atoms with E-state index in [4.69, 9.17) is 14.4 Å². The molecule has 0 atom stereocenters. The highest BCUT2D eigenvalue weighted by molar-refractivity contribution is 7.26. The topological polar surface area (TPSA) is 43.9 Å². The number of nitrogens with zero attached hydrogens (tertiary/aromatic N) is 3. The number of hydrogen-bond acceptors (Lipinski definition) is 4. The summed E-state index contributed by atoms with van der Waals surface area (Å²) in [5, 5.41) is 6.06. The van der Waals surface area contributed by atoms with Gasteiger partial charge >= 0.3 is 0 Å². The van der Waals surface area contributed by atoms with Gasteiger partial charge < -0.3 is 8.98 Å². The second-order valence-corrected chi connectivity index (χ2v) is 12.5. The van der Waals surface area contributed by atoms with Crippen molar-refractivity contribution >= 4 is 75.4 Å². The molecule has 4 aromatic heterocycles. The minimum Gasteiger partial charge on any atom is -0.452 e. The zero-order valence-corrected chi connectivity index (χ0v) is 24.8. The van der Waals surface area contributed by atoms with E-state index < -0.39 is 0 Å². The molecule has 45 heavy (non-hydrogen) atoms. The van der Waals surface area contributed by atoms with E-state index in [2.05, 4.69) is 108 Å². The van der Waals surface area contributed by atoms with Gasteiger partial charge in [-0.2, -0.15) is 0 Å². The van der Waals surface area contributed by atoms with Crippen LogP contribution in [0.3, 0.4) is 0 Å². The molecule has 0 bridgehead atoms. The second-order valence-electron chi connectivity index (χ2n) is 11.4. The lowest BCUT2D eigenvalue weighted by Crippen LogP contribution is -1.97. The van der Waals surface area contributed by atoms with E-state index in [9.17, 15) is 0 Å². The molecule has 0 aliphatic rings. The van der Waals surface area contributed by atoms with Crippen molar-refractivity contribution in [1.29, 1.82) is 0 Å². The molecule has 0 saturated heterocycles. The van der Waals surface area contributed by atoms with E-state index in [1.807, 2.05) is 47.7 Å². The first-order valence-corrected chi connectivity index (χ1v) is 15.8. The van der Waals surface area contributed by atoms with Crippen LogP contribution >= 0.6 is 11.3 Å². The number of hydrogen-bond donors (Lipinski definition) is 0. The van der Waals surface area contributed by atoms with Crippen molar-refractivity contribution in [1.82, 2.24) is 14.5 Å². The fraction of sp³-hybridized carbons (Fsp3) is 0. The average molecular weight is 594 g/mol. The van der Waals surface area contributed by atoms with Crippen LogP contribution in [0.5, 0.6) is 0 Å². The highest BCUT2D eigenvalue weighted by atomic mass is 32.1. The van der Waals surface area contributed by atoms with Gasteiger partial charge in [-0.3, -0.25) is 0 Å². The standard InChI is InChI=1S/C40H23N3OS/c1-2-11-24(12-3-1)40-41-36(39-37(42-40)29-16-5-8-19-32(29)44-39)25-13-10-14-26(23-25)43-31-18-7-4-15-27(31)28-21-22-34-35(38(28)43)30-17-6-9-20-33(30)45-34/h1-23H. The van der Waals surface area contributed by atoms with Crippen LogP contribution in [0.2, 0.25) is 0 Å². The van der Waals surface area contributed by atoms with Gasteiger partial charge in [0.25, 0.3) is 0 Å². The van der Waals surface area contributed by atoms with Crippen LogP contribution in [0.4, 0.5) is 0 Å². The van der Waals surface area contributed by atoms with Crippen molar-refractivity contribution in [3.63, 3.8) is 0 Å². The summed E-state index contributed by atoms with van der Waals surface area (Å²) < 4.78 is 11.5. The summed E-state index contributed by atoms with van der Waals surface area (Å²) in [7, 11) is 0. The summed E-state index contributed by atoms with van der Waals surface area (Å²) in [4.78, 5) is 10.2. The Morgan fingerprint density at radius 1 is 0.556 bits per heavy atom. The van der Waals surface area contributed by atoms with Crippen LogP contribution in [0.1, 0.15) is 0 Å². The highest BCUT2D eigenvalue weighted by Gasteiger charge is 2.21. The maximum absolute atomic E-state index is 6.46. The van der Waals surface area contributed by atoms with Gasteiger partial charge in [0.1, 0.15) is 16.8 Å². The average Bonchev–Trinajstić information content (AvgIpc) is 3.77. The molecule has 10 aromatic rings. The van der Waals surface area contributed by atoms with E-state index in [1.165, 1.54) is 42.0 Å². The molecule has 0 spiro atoms. The van der Waals surface area contributed by atoms with Crippen LogP contribution in [0.15, 0.2) is 144 Å². The summed E-state index contributed by atoms with van der Waals surface area (Å²) in [5.74, 6) is 0.679.